The fourth-order valence-electron chi connectivity index (χ4n) is 2.25. The number of amides is 1. The molecule has 0 saturated carbocycles. The van der Waals surface area contributed by atoms with E-state index in [1.807, 2.05) is 0 Å². The molecule has 1 aromatic carbocycles. The Morgan fingerprint density at radius 3 is 2.26 bits per heavy atom. The number of ether oxygens (including phenoxy) is 1. The average Bonchev–Trinajstić information content (AvgIpc) is 2.60. The molecule has 1 aromatic rings. The minimum Gasteiger partial charge on any atom is -0.456 e. The number of nitrogens with zero attached hydrogens (tertiary/aromatic N) is 2. The Hall–Kier alpha value is -1.93. The molecule has 8 heteroatoms. The number of benzene rings is 1. The van der Waals surface area contributed by atoms with E-state index < -0.39 is 16.0 Å². The van der Waals surface area contributed by atoms with Gasteiger partial charge in [-0.05, 0) is 12.1 Å². The number of carbonyl (C=O) groups is 2. The molecule has 0 unspecified atom stereocenters. The molecule has 0 atom stereocenters. The van der Waals surface area contributed by atoms with Crippen molar-refractivity contribution in [3.63, 3.8) is 0 Å². The van der Waals surface area contributed by atoms with Crippen LogP contribution in [0.2, 0.25) is 0 Å². The first-order valence-electron chi connectivity index (χ1n) is 7.43. The lowest BCUT2D eigenvalue weighted by molar-refractivity contribution is -0.152. The van der Waals surface area contributed by atoms with Crippen molar-refractivity contribution >= 4 is 21.9 Å². The van der Waals surface area contributed by atoms with E-state index in [-0.39, 0.29) is 50.0 Å². The molecule has 1 heterocycles. The third-order valence-electron chi connectivity index (χ3n) is 3.62. The molecule has 2 rings (SSSR count). The molecule has 0 spiro atoms. The van der Waals surface area contributed by atoms with Crippen LogP contribution in [0.3, 0.4) is 0 Å². The largest absolute Gasteiger partial charge is 0.456 e. The van der Waals surface area contributed by atoms with Crippen LogP contribution in [-0.2, 0) is 24.3 Å². The van der Waals surface area contributed by atoms with Gasteiger partial charge in [-0.3, -0.25) is 9.59 Å². The predicted molar refractivity (Wildman–Crippen MR) is 83.0 cm³/mol. The van der Waals surface area contributed by atoms with Gasteiger partial charge in [-0.15, -0.1) is 0 Å². The van der Waals surface area contributed by atoms with Crippen molar-refractivity contribution in [3.8, 4) is 0 Å². The summed E-state index contributed by atoms with van der Waals surface area (Å²) in [4.78, 5) is 24.7. The SMILES string of the molecule is CCC(=O)OCC(=O)N1CCN(S(=O)(=O)c2ccccc2)CC1. The second-order valence-electron chi connectivity index (χ2n) is 5.11. The summed E-state index contributed by atoms with van der Waals surface area (Å²) in [6.45, 7) is 2.39. The fourth-order valence-corrected chi connectivity index (χ4v) is 3.70. The summed E-state index contributed by atoms with van der Waals surface area (Å²) in [6.07, 6.45) is 0.219. The number of esters is 1. The van der Waals surface area contributed by atoms with Gasteiger partial charge < -0.3 is 9.64 Å². The second kappa shape index (κ2) is 7.56. The molecule has 1 aliphatic heterocycles. The molecule has 1 amide bonds. The maximum atomic E-state index is 12.5. The van der Waals surface area contributed by atoms with E-state index in [1.165, 1.54) is 9.21 Å². The van der Waals surface area contributed by atoms with Crippen LogP contribution < -0.4 is 0 Å². The van der Waals surface area contributed by atoms with E-state index in [4.69, 9.17) is 4.74 Å². The number of carbonyl (C=O) groups excluding carboxylic acids is 2. The van der Waals surface area contributed by atoms with Gasteiger partial charge in [0.05, 0.1) is 4.90 Å². The van der Waals surface area contributed by atoms with Gasteiger partial charge in [0.25, 0.3) is 5.91 Å². The Kier molecular flexibility index (Phi) is 5.73. The van der Waals surface area contributed by atoms with Gasteiger partial charge >= 0.3 is 5.97 Å². The third kappa shape index (κ3) is 4.29. The Labute approximate surface area is 135 Å². The molecule has 0 N–H and O–H groups in total. The predicted octanol–water partition coefficient (Wildman–Crippen LogP) is 0.473. The van der Waals surface area contributed by atoms with Crippen molar-refractivity contribution in [2.24, 2.45) is 0 Å². The lowest BCUT2D eigenvalue weighted by Gasteiger charge is -2.33. The average molecular weight is 340 g/mol. The summed E-state index contributed by atoms with van der Waals surface area (Å²) in [6, 6.07) is 8.21. The summed E-state index contributed by atoms with van der Waals surface area (Å²) in [5, 5.41) is 0. The van der Waals surface area contributed by atoms with Gasteiger partial charge in [0, 0.05) is 32.6 Å². The highest BCUT2D eigenvalue weighted by atomic mass is 32.2. The van der Waals surface area contributed by atoms with Crippen LogP contribution in [0.1, 0.15) is 13.3 Å². The summed E-state index contributed by atoms with van der Waals surface area (Å²) in [5.41, 5.74) is 0. The molecule has 23 heavy (non-hydrogen) atoms. The maximum absolute atomic E-state index is 12.5. The van der Waals surface area contributed by atoms with Gasteiger partial charge in [0.15, 0.2) is 6.61 Å². The third-order valence-corrected chi connectivity index (χ3v) is 5.53. The molecule has 1 saturated heterocycles. The minimum absolute atomic E-state index is 0.219. The monoisotopic (exact) mass is 340 g/mol. The first kappa shape index (κ1) is 17.4. The molecule has 1 aliphatic rings. The fraction of sp³-hybridized carbons (Fsp3) is 0.467. The van der Waals surface area contributed by atoms with Crippen molar-refractivity contribution in [1.82, 2.24) is 9.21 Å². The summed E-state index contributed by atoms with van der Waals surface area (Å²) >= 11 is 0. The van der Waals surface area contributed by atoms with Crippen molar-refractivity contribution < 1.29 is 22.7 Å². The van der Waals surface area contributed by atoms with Crippen LogP contribution in [0.5, 0.6) is 0 Å². The zero-order chi connectivity index (χ0) is 16.9. The van der Waals surface area contributed by atoms with E-state index >= 15 is 0 Å². The summed E-state index contributed by atoms with van der Waals surface area (Å²) in [5.74, 6) is -0.729. The highest BCUT2D eigenvalue weighted by Gasteiger charge is 2.30. The van der Waals surface area contributed by atoms with Gasteiger partial charge in [-0.1, -0.05) is 25.1 Å². The highest BCUT2D eigenvalue weighted by Crippen LogP contribution is 2.17. The van der Waals surface area contributed by atoms with Crippen LogP contribution in [0, 0.1) is 0 Å². The topological polar surface area (TPSA) is 84.0 Å². The normalized spacial score (nSPS) is 16.1. The number of hydrogen-bond acceptors (Lipinski definition) is 5. The standard InChI is InChI=1S/C15H20N2O5S/c1-2-15(19)22-12-14(18)16-8-10-17(11-9-16)23(20,21)13-6-4-3-5-7-13/h3-7H,2,8-12H2,1H3. The number of piperazine rings is 1. The molecular weight excluding hydrogens is 320 g/mol. The molecule has 0 aliphatic carbocycles. The molecule has 0 radical (unpaired) electrons. The van der Waals surface area contributed by atoms with Crippen molar-refractivity contribution in [2.75, 3.05) is 32.8 Å². The molecule has 7 nitrogen and oxygen atoms in total. The first-order valence-corrected chi connectivity index (χ1v) is 8.87. The van der Waals surface area contributed by atoms with Crippen LogP contribution in [0.4, 0.5) is 0 Å². The van der Waals surface area contributed by atoms with E-state index in [0.717, 1.165) is 0 Å². The van der Waals surface area contributed by atoms with Crippen LogP contribution in [0.25, 0.3) is 0 Å². The lowest BCUT2D eigenvalue weighted by Crippen LogP contribution is -2.51. The Morgan fingerprint density at radius 1 is 1.09 bits per heavy atom. The zero-order valence-corrected chi connectivity index (χ0v) is 13.8. The van der Waals surface area contributed by atoms with Gasteiger partial charge in [-0.25, -0.2) is 8.42 Å². The maximum Gasteiger partial charge on any atom is 0.306 e. The van der Waals surface area contributed by atoms with Crippen molar-refractivity contribution in [1.29, 1.82) is 0 Å². The van der Waals surface area contributed by atoms with E-state index in [2.05, 4.69) is 0 Å². The van der Waals surface area contributed by atoms with Gasteiger partial charge in [0.1, 0.15) is 0 Å². The molecule has 0 aromatic heterocycles. The Bertz CT molecular complexity index is 652. The number of hydrogen-bond donors (Lipinski definition) is 0. The molecule has 1 fully saturated rings. The van der Waals surface area contributed by atoms with Crippen molar-refractivity contribution in [3.05, 3.63) is 30.3 Å². The quantitative estimate of drug-likeness (QED) is 0.728. The van der Waals surface area contributed by atoms with Crippen molar-refractivity contribution in [2.45, 2.75) is 18.2 Å². The summed E-state index contributed by atoms with van der Waals surface area (Å²) in [7, 11) is -3.53. The van der Waals surface area contributed by atoms with E-state index in [0.29, 0.717) is 0 Å². The number of rotatable bonds is 5. The summed E-state index contributed by atoms with van der Waals surface area (Å²) < 4.78 is 31.1. The zero-order valence-electron chi connectivity index (χ0n) is 13.0. The minimum atomic E-state index is -3.53. The number of sulfonamides is 1. The Morgan fingerprint density at radius 2 is 1.70 bits per heavy atom. The van der Waals surface area contributed by atoms with Crippen LogP contribution >= 0.6 is 0 Å². The highest BCUT2D eigenvalue weighted by molar-refractivity contribution is 7.89. The smallest absolute Gasteiger partial charge is 0.306 e. The first-order chi connectivity index (χ1) is 10.9. The van der Waals surface area contributed by atoms with Crippen LogP contribution in [0.15, 0.2) is 35.2 Å². The van der Waals surface area contributed by atoms with E-state index in [1.54, 1.807) is 37.3 Å². The lowest BCUT2D eigenvalue weighted by atomic mass is 10.3. The van der Waals surface area contributed by atoms with Crippen LogP contribution in [-0.4, -0.2) is 62.3 Å². The second-order valence-corrected chi connectivity index (χ2v) is 7.05. The Balaban J connectivity index is 1.91. The molecular formula is C15H20N2O5S. The van der Waals surface area contributed by atoms with Gasteiger partial charge in [-0.2, -0.15) is 4.31 Å². The molecule has 126 valence electrons. The molecule has 0 bridgehead atoms. The van der Waals surface area contributed by atoms with Gasteiger partial charge in [0.2, 0.25) is 10.0 Å². The van der Waals surface area contributed by atoms with E-state index in [9.17, 15) is 18.0 Å².